The van der Waals surface area contributed by atoms with E-state index in [4.69, 9.17) is 0 Å². The highest BCUT2D eigenvalue weighted by molar-refractivity contribution is 7.90. The molecule has 4 rings (SSSR count). The lowest BCUT2D eigenvalue weighted by molar-refractivity contribution is 0.0690. The number of piperazine rings is 1. The van der Waals surface area contributed by atoms with Crippen LogP contribution in [0.15, 0.2) is 12.1 Å². The van der Waals surface area contributed by atoms with E-state index in [1.165, 1.54) is 8.82 Å². The Morgan fingerprint density at radius 1 is 1.12 bits per heavy atom. The van der Waals surface area contributed by atoms with Crippen molar-refractivity contribution in [2.45, 2.75) is 25.0 Å². The van der Waals surface area contributed by atoms with E-state index in [9.17, 15) is 13.2 Å². The second kappa shape index (κ2) is 5.49. The van der Waals surface area contributed by atoms with Crippen molar-refractivity contribution in [1.82, 2.24) is 29.0 Å². The zero-order chi connectivity index (χ0) is 16.9. The minimum absolute atomic E-state index is 0.200. The van der Waals surface area contributed by atoms with Crippen molar-refractivity contribution >= 4 is 21.6 Å². The molecule has 1 aliphatic heterocycles. The van der Waals surface area contributed by atoms with Crippen LogP contribution in [-0.2, 0) is 10.0 Å². The van der Waals surface area contributed by atoms with E-state index in [2.05, 4.69) is 15.3 Å². The highest BCUT2D eigenvalue weighted by Gasteiger charge is 2.41. The molecule has 0 atom stereocenters. The van der Waals surface area contributed by atoms with Gasteiger partial charge in [0.25, 0.3) is 5.91 Å². The molecule has 24 heavy (non-hydrogen) atoms. The predicted octanol–water partition coefficient (Wildman–Crippen LogP) is -0.317. The van der Waals surface area contributed by atoms with Crippen LogP contribution in [0.2, 0.25) is 0 Å². The minimum atomic E-state index is -3.17. The van der Waals surface area contributed by atoms with E-state index in [1.54, 1.807) is 24.0 Å². The first kappa shape index (κ1) is 15.5. The van der Waals surface area contributed by atoms with Gasteiger partial charge in [-0.05, 0) is 31.9 Å². The van der Waals surface area contributed by atoms with Gasteiger partial charge in [-0.1, -0.05) is 0 Å². The predicted molar refractivity (Wildman–Crippen MR) is 84.9 cm³/mol. The molecular formula is C14H18N6O3S. The number of fused-ring (bicyclic) bond motifs is 1. The molecule has 2 aromatic heterocycles. The number of amides is 1. The van der Waals surface area contributed by atoms with Gasteiger partial charge in [0.1, 0.15) is 5.69 Å². The van der Waals surface area contributed by atoms with Gasteiger partial charge in [-0.3, -0.25) is 4.79 Å². The average molecular weight is 350 g/mol. The second-order valence-electron chi connectivity index (χ2n) is 6.17. The minimum Gasteiger partial charge on any atom is -0.335 e. The van der Waals surface area contributed by atoms with Crippen molar-refractivity contribution in [2.24, 2.45) is 0 Å². The van der Waals surface area contributed by atoms with Gasteiger partial charge in [0.05, 0.1) is 5.25 Å². The zero-order valence-corrected chi connectivity index (χ0v) is 14.1. The summed E-state index contributed by atoms with van der Waals surface area (Å²) in [5, 5.41) is 11.9. The van der Waals surface area contributed by atoms with Crippen LogP contribution in [0.4, 0.5) is 0 Å². The van der Waals surface area contributed by atoms with Crippen molar-refractivity contribution < 1.29 is 13.2 Å². The van der Waals surface area contributed by atoms with Crippen LogP contribution in [0.1, 0.15) is 29.2 Å². The molecule has 0 spiro atoms. The van der Waals surface area contributed by atoms with Gasteiger partial charge in [-0.25, -0.2) is 8.42 Å². The quantitative estimate of drug-likeness (QED) is 0.752. The Bertz CT molecular complexity index is 896. The SMILES string of the molecule is Cc1nnc2ccc(C(=O)N3CCN(S(=O)(=O)C4CC4)CC3)nn12. The van der Waals surface area contributed by atoms with Crippen LogP contribution in [0.5, 0.6) is 0 Å². The van der Waals surface area contributed by atoms with Gasteiger partial charge in [0.2, 0.25) is 10.0 Å². The highest BCUT2D eigenvalue weighted by Crippen LogP contribution is 2.31. The third kappa shape index (κ3) is 2.55. The first-order valence-electron chi connectivity index (χ1n) is 7.94. The number of aryl methyl sites for hydroxylation is 1. The Kier molecular flexibility index (Phi) is 3.53. The zero-order valence-electron chi connectivity index (χ0n) is 13.3. The van der Waals surface area contributed by atoms with Gasteiger partial charge in [0, 0.05) is 26.2 Å². The summed E-state index contributed by atoms with van der Waals surface area (Å²) in [6.07, 6.45) is 1.51. The molecular weight excluding hydrogens is 332 g/mol. The molecule has 10 heteroatoms. The monoisotopic (exact) mass is 350 g/mol. The molecule has 1 amide bonds. The number of carbonyl (C=O) groups excluding carboxylic acids is 1. The van der Waals surface area contributed by atoms with Gasteiger partial charge >= 0.3 is 0 Å². The number of carbonyl (C=O) groups is 1. The summed E-state index contributed by atoms with van der Waals surface area (Å²) >= 11 is 0. The van der Waals surface area contributed by atoms with Crippen LogP contribution in [0.25, 0.3) is 5.65 Å². The summed E-state index contributed by atoms with van der Waals surface area (Å²) in [7, 11) is -3.17. The fourth-order valence-corrected chi connectivity index (χ4v) is 4.72. The molecule has 1 saturated heterocycles. The molecule has 2 aliphatic rings. The smallest absolute Gasteiger partial charge is 0.274 e. The molecule has 0 unspecified atom stereocenters. The number of hydrogen-bond acceptors (Lipinski definition) is 6. The Labute approximate surface area is 139 Å². The van der Waals surface area contributed by atoms with E-state index in [-0.39, 0.29) is 11.2 Å². The fourth-order valence-electron chi connectivity index (χ4n) is 2.89. The number of hydrogen-bond donors (Lipinski definition) is 0. The highest BCUT2D eigenvalue weighted by atomic mass is 32.2. The molecule has 0 bridgehead atoms. The van der Waals surface area contributed by atoms with Crippen LogP contribution < -0.4 is 0 Å². The van der Waals surface area contributed by atoms with Crippen molar-refractivity contribution in [1.29, 1.82) is 0 Å². The van der Waals surface area contributed by atoms with Gasteiger partial charge in [-0.2, -0.15) is 13.9 Å². The summed E-state index contributed by atoms with van der Waals surface area (Å²) in [5.41, 5.74) is 0.897. The van der Waals surface area contributed by atoms with E-state index < -0.39 is 10.0 Å². The van der Waals surface area contributed by atoms with Crippen LogP contribution in [-0.4, -0.2) is 74.8 Å². The Morgan fingerprint density at radius 2 is 1.83 bits per heavy atom. The van der Waals surface area contributed by atoms with Crippen molar-refractivity contribution in [3.05, 3.63) is 23.7 Å². The molecule has 2 fully saturated rings. The number of rotatable bonds is 3. The van der Waals surface area contributed by atoms with E-state index in [0.717, 1.165) is 12.8 Å². The lowest BCUT2D eigenvalue weighted by Gasteiger charge is -2.33. The largest absolute Gasteiger partial charge is 0.335 e. The molecule has 0 radical (unpaired) electrons. The maximum atomic E-state index is 12.6. The second-order valence-corrected chi connectivity index (χ2v) is 8.38. The lowest BCUT2D eigenvalue weighted by atomic mass is 10.3. The van der Waals surface area contributed by atoms with Crippen LogP contribution >= 0.6 is 0 Å². The molecule has 1 aliphatic carbocycles. The average Bonchev–Trinajstić information content (AvgIpc) is 3.39. The normalized spacial score (nSPS) is 19.8. The van der Waals surface area contributed by atoms with Gasteiger partial charge in [-0.15, -0.1) is 10.2 Å². The van der Waals surface area contributed by atoms with E-state index in [0.29, 0.717) is 43.3 Å². The van der Waals surface area contributed by atoms with Crippen molar-refractivity contribution in [3.63, 3.8) is 0 Å². The fraction of sp³-hybridized carbons (Fsp3) is 0.571. The maximum absolute atomic E-state index is 12.6. The number of nitrogens with zero attached hydrogens (tertiary/aromatic N) is 6. The van der Waals surface area contributed by atoms with E-state index in [1.807, 2.05) is 0 Å². The molecule has 3 heterocycles. The molecule has 128 valence electrons. The topological polar surface area (TPSA) is 101 Å². The summed E-state index contributed by atoms with van der Waals surface area (Å²) in [6.45, 7) is 3.22. The summed E-state index contributed by atoms with van der Waals surface area (Å²) in [6, 6.07) is 3.33. The third-order valence-corrected chi connectivity index (χ3v) is 6.87. The molecule has 0 aromatic carbocycles. The first-order chi connectivity index (χ1) is 11.5. The molecule has 0 N–H and O–H groups in total. The van der Waals surface area contributed by atoms with Crippen LogP contribution in [0.3, 0.4) is 0 Å². The molecule has 1 saturated carbocycles. The van der Waals surface area contributed by atoms with Crippen molar-refractivity contribution in [3.8, 4) is 0 Å². The maximum Gasteiger partial charge on any atom is 0.274 e. The standard InChI is InChI=1S/C14H18N6O3S/c1-10-15-16-13-5-4-12(17-20(10)13)14(21)18-6-8-19(9-7-18)24(22,23)11-2-3-11/h4-5,11H,2-3,6-9H2,1H3. The summed E-state index contributed by atoms with van der Waals surface area (Å²) in [4.78, 5) is 14.3. The summed E-state index contributed by atoms with van der Waals surface area (Å²) in [5.74, 6) is 0.411. The van der Waals surface area contributed by atoms with Gasteiger partial charge < -0.3 is 4.90 Å². The van der Waals surface area contributed by atoms with Gasteiger partial charge in [0.15, 0.2) is 11.5 Å². The Balaban J connectivity index is 1.48. The molecule has 2 aromatic rings. The van der Waals surface area contributed by atoms with E-state index >= 15 is 0 Å². The molecule has 9 nitrogen and oxygen atoms in total. The lowest BCUT2D eigenvalue weighted by Crippen LogP contribution is -2.51. The number of aromatic nitrogens is 4. The Hall–Kier alpha value is -2.07. The van der Waals surface area contributed by atoms with Crippen molar-refractivity contribution in [2.75, 3.05) is 26.2 Å². The van der Waals surface area contributed by atoms with Crippen LogP contribution in [0, 0.1) is 6.92 Å². The first-order valence-corrected chi connectivity index (χ1v) is 9.44. The third-order valence-electron chi connectivity index (χ3n) is 4.47. The summed E-state index contributed by atoms with van der Waals surface area (Å²) < 4.78 is 27.5. The number of sulfonamides is 1. The Morgan fingerprint density at radius 3 is 2.50 bits per heavy atom.